The molecule has 1 fully saturated rings. The molecule has 1 rings (SSSR count). The molecule has 0 aromatic carbocycles. The van der Waals surface area contributed by atoms with Crippen LogP contribution < -0.4 is 0 Å². The van der Waals surface area contributed by atoms with Crippen LogP contribution in [0.1, 0.15) is 53.4 Å². The van der Waals surface area contributed by atoms with Gasteiger partial charge in [0.1, 0.15) is 12.4 Å². The molecule has 5 heteroatoms. The third-order valence-electron chi connectivity index (χ3n) is 4.91. The Kier molecular flexibility index (Phi) is 6.90. The van der Waals surface area contributed by atoms with E-state index in [2.05, 4.69) is 6.58 Å². The first-order valence-corrected chi connectivity index (χ1v) is 8.42. The largest absolute Gasteiger partial charge is 0.457 e. The van der Waals surface area contributed by atoms with Crippen LogP contribution in [-0.4, -0.2) is 37.4 Å². The van der Waals surface area contributed by atoms with E-state index in [4.69, 9.17) is 9.47 Å². The van der Waals surface area contributed by atoms with Gasteiger partial charge >= 0.3 is 5.97 Å². The summed E-state index contributed by atoms with van der Waals surface area (Å²) >= 11 is 0. The van der Waals surface area contributed by atoms with Crippen molar-refractivity contribution in [1.29, 1.82) is 0 Å². The molecule has 0 heterocycles. The normalized spacial score (nSPS) is 27.1. The summed E-state index contributed by atoms with van der Waals surface area (Å²) in [6.07, 6.45) is 3.36. The Labute approximate surface area is 144 Å². The van der Waals surface area contributed by atoms with Gasteiger partial charge in [-0.05, 0) is 33.6 Å². The van der Waals surface area contributed by atoms with Crippen LogP contribution >= 0.6 is 0 Å². The lowest BCUT2D eigenvalue weighted by Gasteiger charge is -2.31. The molecule has 5 nitrogen and oxygen atoms in total. The second-order valence-electron chi connectivity index (χ2n) is 7.81. The van der Waals surface area contributed by atoms with Crippen molar-refractivity contribution in [3.8, 4) is 0 Å². The van der Waals surface area contributed by atoms with Gasteiger partial charge in [-0.15, -0.1) is 6.58 Å². The number of hydrogen-bond acceptors (Lipinski definition) is 5. The molecule has 1 aliphatic carbocycles. The number of carbonyl (C=O) groups excluding carboxylic acids is 3. The van der Waals surface area contributed by atoms with E-state index in [9.17, 15) is 14.4 Å². The average molecular weight is 338 g/mol. The quantitative estimate of drug-likeness (QED) is 0.502. The maximum Gasteiger partial charge on any atom is 0.311 e. The lowest BCUT2D eigenvalue weighted by Crippen LogP contribution is -2.33. The summed E-state index contributed by atoms with van der Waals surface area (Å²) in [5.74, 6) is -0.416. The van der Waals surface area contributed by atoms with Crippen LogP contribution in [0, 0.1) is 16.7 Å². The van der Waals surface area contributed by atoms with Gasteiger partial charge in [0, 0.05) is 31.3 Å². The van der Waals surface area contributed by atoms with Crippen molar-refractivity contribution >= 4 is 17.5 Å². The van der Waals surface area contributed by atoms with E-state index in [1.165, 1.54) is 0 Å². The highest BCUT2D eigenvalue weighted by atomic mass is 16.5. The third kappa shape index (κ3) is 4.76. The monoisotopic (exact) mass is 338 g/mol. The van der Waals surface area contributed by atoms with E-state index < -0.39 is 16.8 Å². The van der Waals surface area contributed by atoms with Crippen LogP contribution in [0.5, 0.6) is 0 Å². The number of carbonyl (C=O) groups is 3. The summed E-state index contributed by atoms with van der Waals surface area (Å²) < 4.78 is 10.5. The Hall–Kier alpha value is -1.49. The van der Waals surface area contributed by atoms with Gasteiger partial charge in [0.2, 0.25) is 0 Å². The maximum atomic E-state index is 12.4. The van der Waals surface area contributed by atoms with Gasteiger partial charge in [-0.2, -0.15) is 0 Å². The fourth-order valence-electron chi connectivity index (χ4n) is 3.17. The zero-order chi connectivity index (χ0) is 18.5. The summed E-state index contributed by atoms with van der Waals surface area (Å²) in [5, 5.41) is 0. The summed E-state index contributed by atoms with van der Waals surface area (Å²) in [6, 6.07) is 0. The van der Waals surface area contributed by atoms with Gasteiger partial charge in [-0.1, -0.05) is 13.0 Å². The number of rotatable bonds is 8. The van der Waals surface area contributed by atoms with E-state index in [-0.39, 0.29) is 36.6 Å². The van der Waals surface area contributed by atoms with E-state index >= 15 is 0 Å². The van der Waals surface area contributed by atoms with Crippen molar-refractivity contribution < 1.29 is 23.9 Å². The second kappa shape index (κ2) is 8.06. The van der Waals surface area contributed by atoms with E-state index in [1.54, 1.807) is 34.0 Å². The van der Waals surface area contributed by atoms with Gasteiger partial charge in [0.05, 0.1) is 11.5 Å². The molecule has 0 aromatic heterocycles. The zero-order valence-corrected chi connectivity index (χ0v) is 15.5. The first kappa shape index (κ1) is 20.6. The van der Waals surface area contributed by atoms with E-state index in [0.717, 1.165) is 0 Å². The highest BCUT2D eigenvalue weighted by Gasteiger charge is 2.50. The highest BCUT2D eigenvalue weighted by Crippen LogP contribution is 2.46. The molecule has 24 heavy (non-hydrogen) atoms. The predicted molar refractivity (Wildman–Crippen MR) is 91.5 cm³/mol. The second-order valence-corrected chi connectivity index (χ2v) is 7.81. The van der Waals surface area contributed by atoms with Gasteiger partial charge in [0.15, 0.2) is 5.78 Å². The van der Waals surface area contributed by atoms with Crippen molar-refractivity contribution in [2.75, 3.05) is 13.7 Å². The minimum absolute atomic E-state index is 0.0254. The van der Waals surface area contributed by atoms with Crippen molar-refractivity contribution in [2.45, 2.75) is 59.5 Å². The summed E-state index contributed by atoms with van der Waals surface area (Å²) in [6.45, 7) is 10.6. The van der Waals surface area contributed by atoms with Crippen molar-refractivity contribution in [1.82, 2.24) is 0 Å². The first-order chi connectivity index (χ1) is 11.1. The number of ether oxygens (including phenoxy) is 2. The lowest BCUT2D eigenvalue weighted by molar-refractivity contribution is -0.156. The minimum Gasteiger partial charge on any atom is -0.457 e. The third-order valence-corrected chi connectivity index (χ3v) is 4.91. The molecule has 136 valence electrons. The zero-order valence-electron chi connectivity index (χ0n) is 15.5. The number of esters is 1. The smallest absolute Gasteiger partial charge is 0.311 e. The van der Waals surface area contributed by atoms with E-state index in [0.29, 0.717) is 19.3 Å². The Bertz CT molecular complexity index is 502. The number of allylic oxidation sites excluding steroid dienone is 1. The van der Waals surface area contributed by atoms with Crippen molar-refractivity contribution in [3.63, 3.8) is 0 Å². The van der Waals surface area contributed by atoms with Crippen LogP contribution in [0.15, 0.2) is 12.7 Å². The van der Waals surface area contributed by atoms with Gasteiger partial charge < -0.3 is 9.47 Å². The Morgan fingerprint density at radius 3 is 2.50 bits per heavy atom. The predicted octanol–water partition coefficient (Wildman–Crippen LogP) is 3.11. The first-order valence-electron chi connectivity index (χ1n) is 8.42. The van der Waals surface area contributed by atoms with Gasteiger partial charge in [-0.25, -0.2) is 0 Å². The molecule has 1 aliphatic rings. The standard InChI is InChI=1S/C19H30O5/c1-7-8-14-15(23-6)11-16(21)19(14,5)10-9-13(20)12-24-17(22)18(2,3)4/h7,14-15H,1,8-12H2,2-6H3/t14-,15-,19+/m0/s1. The fourth-order valence-corrected chi connectivity index (χ4v) is 3.17. The van der Waals surface area contributed by atoms with Gasteiger partial charge in [0.25, 0.3) is 0 Å². The minimum atomic E-state index is -0.631. The molecular weight excluding hydrogens is 308 g/mol. The molecule has 0 spiro atoms. The number of ketones is 2. The molecule has 0 bridgehead atoms. The number of methoxy groups -OCH3 is 1. The Morgan fingerprint density at radius 1 is 1.38 bits per heavy atom. The van der Waals surface area contributed by atoms with Crippen molar-refractivity contribution in [3.05, 3.63) is 12.7 Å². The summed E-state index contributed by atoms with van der Waals surface area (Å²) in [5.41, 5.74) is -1.23. The molecule has 0 amide bonds. The Balaban J connectivity index is 2.63. The molecule has 0 aliphatic heterocycles. The Morgan fingerprint density at radius 2 is 2.00 bits per heavy atom. The van der Waals surface area contributed by atoms with Gasteiger partial charge in [-0.3, -0.25) is 14.4 Å². The summed E-state index contributed by atoms with van der Waals surface area (Å²) in [7, 11) is 1.61. The van der Waals surface area contributed by atoms with Crippen LogP contribution in [0.3, 0.4) is 0 Å². The maximum absolute atomic E-state index is 12.4. The molecule has 0 saturated heterocycles. The van der Waals surface area contributed by atoms with Crippen LogP contribution in [-0.2, 0) is 23.9 Å². The summed E-state index contributed by atoms with van der Waals surface area (Å²) in [4.78, 5) is 36.2. The van der Waals surface area contributed by atoms with Crippen LogP contribution in [0.2, 0.25) is 0 Å². The van der Waals surface area contributed by atoms with Crippen LogP contribution in [0.25, 0.3) is 0 Å². The molecule has 3 atom stereocenters. The molecule has 0 unspecified atom stereocenters. The lowest BCUT2D eigenvalue weighted by atomic mass is 9.73. The number of hydrogen-bond donors (Lipinski definition) is 0. The van der Waals surface area contributed by atoms with Crippen molar-refractivity contribution in [2.24, 2.45) is 16.7 Å². The number of Topliss-reactive ketones (excluding diaryl/α,β-unsaturated/α-hetero) is 2. The molecule has 0 radical (unpaired) electrons. The fraction of sp³-hybridized carbons (Fsp3) is 0.737. The van der Waals surface area contributed by atoms with Crippen LogP contribution in [0.4, 0.5) is 0 Å². The molecule has 1 saturated carbocycles. The molecule has 0 N–H and O–H groups in total. The molecular formula is C19H30O5. The molecule has 0 aromatic rings. The van der Waals surface area contributed by atoms with E-state index in [1.807, 2.05) is 6.92 Å². The highest BCUT2D eigenvalue weighted by molar-refractivity contribution is 5.89. The SMILES string of the molecule is C=CC[C@H]1[C@@H](OC)CC(=O)[C@]1(C)CCC(=O)COC(=O)C(C)(C)C. The average Bonchev–Trinajstić information content (AvgIpc) is 2.74. The topological polar surface area (TPSA) is 69.7 Å².